The van der Waals surface area contributed by atoms with Gasteiger partial charge in [-0.2, -0.15) is 11.8 Å². The zero-order valence-electron chi connectivity index (χ0n) is 9.25. The highest BCUT2D eigenvalue weighted by Crippen LogP contribution is 2.24. The smallest absolute Gasteiger partial charge is 0.169 e. The van der Waals surface area contributed by atoms with Crippen LogP contribution in [0, 0.1) is 0 Å². The molecule has 1 aliphatic heterocycles. The summed E-state index contributed by atoms with van der Waals surface area (Å²) in [5.41, 5.74) is 0. The van der Waals surface area contributed by atoms with E-state index in [-0.39, 0.29) is 0 Å². The van der Waals surface area contributed by atoms with E-state index in [4.69, 9.17) is 12.2 Å². The number of nitrogens with one attached hydrogen (secondary N) is 1. The maximum absolute atomic E-state index is 5.35. The first-order chi connectivity index (χ1) is 6.63. The van der Waals surface area contributed by atoms with Crippen molar-refractivity contribution in [3.8, 4) is 0 Å². The molecule has 0 saturated carbocycles. The van der Waals surface area contributed by atoms with Gasteiger partial charge in [0, 0.05) is 30.1 Å². The van der Waals surface area contributed by atoms with Crippen LogP contribution in [0.3, 0.4) is 0 Å². The standard InChI is InChI=1S/C10H20N2S2/c1-4-5-11-10(13)12-6-8(2)14-9(3)7-12/h8-9H,4-7H2,1-3H3,(H,11,13). The predicted molar refractivity (Wildman–Crippen MR) is 69.0 cm³/mol. The fraction of sp³-hybridized carbons (Fsp3) is 0.900. The topological polar surface area (TPSA) is 15.3 Å². The van der Waals surface area contributed by atoms with Crippen LogP contribution in [0.1, 0.15) is 27.2 Å². The number of rotatable bonds is 2. The highest BCUT2D eigenvalue weighted by Gasteiger charge is 2.23. The van der Waals surface area contributed by atoms with Gasteiger partial charge in [0.05, 0.1) is 0 Å². The molecule has 4 heteroatoms. The van der Waals surface area contributed by atoms with E-state index in [1.54, 1.807) is 0 Å². The van der Waals surface area contributed by atoms with Crippen molar-refractivity contribution in [3.05, 3.63) is 0 Å². The first kappa shape index (κ1) is 12.1. The van der Waals surface area contributed by atoms with E-state index < -0.39 is 0 Å². The lowest BCUT2D eigenvalue weighted by Crippen LogP contribution is -2.48. The Hall–Kier alpha value is 0.0400. The third-order valence-corrected chi connectivity index (χ3v) is 3.86. The molecule has 0 aliphatic carbocycles. The maximum Gasteiger partial charge on any atom is 0.169 e. The minimum Gasteiger partial charge on any atom is -0.363 e. The second kappa shape index (κ2) is 5.81. The van der Waals surface area contributed by atoms with Gasteiger partial charge in [-0.25, -0.2) is 0 Å². The number of thiocarbonyl (C=S) groups is 1. The lowest BCUT2D eigenvalue weighted by molar-refractivity contribution is 0.404. The molecule has 1 aliphatic rings. The highest BCUT2D eigenvalue weighted by molar-refractivity contribution is 8.00. The van der Waals surface area contributed by atoms with E-state index in [1.807, 2.05) is 0 Å². The number of nitrogens with zero attached hydrogens (tertiary/aromatic N) is 1. The summed E-state index contributed by atoms with van der Waals surface area (Å²) in [6.45, 7) is 9.87. The van der Waals surface area contributed by atoms with Gasteiger partial charge in [-0.05, 0) is 18.6 Å². The van der Waals surface area contributed by atoms with Crippen LogP contribution in [0.25, 0.3) is 0 Å². The van der Waals surface area contributed by atoms with E-state index >= 15 is 0 Å². The van der Waals surface area contributed by atoms with Crippen LogP contribution in [0.5, 0.6) is 0 Å². The molecule has 0 spiro atoms. The maximum atomic E-state index is 5.35. The summed E-state index contributed by atoms with van der Waals surface area (Å²) < 4.78 is 0. The molecule has 82 valence electrons. The molecule has 1 heterocycles. The quantitative estimate of drug-likeness (QED) is 0.733. The predicted octanol–water partition coefficient (Wildman–Crippen LogP) is 2.10. The molecular weight excluding hydrogens is 212 g/mol. The van der Waals surface area contributed by atoms with Gasteiger partial charge in [0.15, 0.2) is 5.11 Å². The van der Waals surface area contributed by atoms with Gasteiger partial charge in [-0.3, -0.25) is 0 Å². The minimum atomic E-state index is 0.695. The summed E-state index contributed by atoms with van der Waals surface area (Å²) in [6, 6.07) is 0. The van der Waals surface area contributed by atoms with Crippen LogP contribution in [0.15, 0.2) is 0 Å². The van der Waals surface area contributed by atoms with Gasteiger partial charge in [0.1, 0.15) is 0 Å². The van der Waals surface area contributed by atoms with E-state index in [0.717, 1.165) is 31.2 Å². The normalized spacial score (nSPS) is 27.5. The van der Waals surface area contributed by atoms with Crippen LogP contribution < -0.4 is 5.32 Å². The Morgan fingerprint density at radius 1 is 1.43 bits per heavy atom. The first-order valence-electron chi connectivity index (χ1n) is 5.31. The molecule has 0 aromatic carbocycles. The van der Waals surface area contributed by atoms with Crippen LogP contribution in [0.2, 0.25) is 0 Å². The van der Waals surface area contributed by atoms with Gasteiger partial charge >= 0.3 is 0 Å². The second-order valence-corrected chi connectivity index (χ2v) is 6.16. The Morgan fingerprint density at radius 2 is 2.00 bits per heavy atom. The van der Waals surface area contributed by atoms with Crippen molar-refractivity contribution in [2.75, 3.05) is 19.6 Å². The average molecular weight is 232 g/mol. The molecule has 1 saturated heterocycles. The number of hydrogen-bond acceptors (Lipinski definition) is 2. The SMILES string of the molecule is CCCNC(=S)N1CC(C)SC(C)C1. The molecule has 1 N–H and O–H groups in total. The minimum absolute atomic E-state index is 0.695. The van der Waals surface area contributed by atoms with Crippen molar-refractivity contribution in [2.45, 2.75) is 37.7 Å². The van der Waals surface area contributed by atoms with Crippen molar-refractivity contribution in [1.29, 1.82) is 0 Å². The third-order valence-electron chi connectivity index (χ3n) is 2.23. The Labute approximate surface area is 96.8 Å². The van der Waals surface area contributed by atoms with Crippen molar-refractivity contribution >= 4 is 29.1 Å². The molecule has 14 heavy (non-hydrogen) atoms. The number of hydrogen-bond donors (Lipinski definition) is 1. The lowest BCUT2D eigenvalue weighted by atomic mass is 10.3. The van der Waals surface area contributed by atoms with E-state index in [0.29, 0.717) is 10.5 Å². The molecule has 0 radical (unpaired) electrons. The molecular formula is C10H20N2S2. The van der Waals surface area contributed by atoms with Crippen LogP contribution in [-0.4, -0.2) is 40.1 Å². The molecule has 0 amide bonds. The second-order valence-electron chi connectivity index (χ2n) is 3.89. The van der Waals surface area contributed by atoms with Crippen LogP contribution >= 0.6 is 24.0 Å². The molecule has 2 atom stereocenters. The number of thioether (sulfide) groups is 1. The van der Waals surface area contributed by atoms with Gasteiger partial charge in [-0.15, -0.1) is 0 Å². The molecule has 2 nitrogen and oxygen atoms in total. The van der Waals surface area contributed by atoms with E-state index in [1.165, 1.54) is 0 Å². The fourth-order valence-electron chi connectivity index (χ4n) is 1.69. The third kappa shape index (κ3) is 3.65. The van der Waals surface area contributed by atoms with Crippen molar-refractivity contribution in [3.63, 3.8) is 0 Å². The van der Waals surface area contributed by atoms with E-state index in [9.17, 15) is 0 Å². The summed E-state index contributed by atoms with van der Waals surface area (Å²) in [5.74, 6) is 0. The molecule has 0 aromatic rings. The van der Waals surface area contributed by atoms with Crippen molar-refractivity contribution in [1.82, 2.24) is 10.2 Å². The van der Waals surface area contributed by atoms with Gasteiger partial charge in [-0.1, -0.05) is 20.8 Å². The molecule has 0 aromatic heterocycles. The fourth-order valence-corrected chi connectivity index (χ4v) is 3.26. The van der Waals surface area contributed by atoms with Gasteiger partial charge < -0.3 is 10.2 Å². The summed E-state index contributed by atoms with van der Waals surface area (Å²) in [6.07, 6.45) is 1.13. The van der Waals surface area contributed by atoms with Gasteiger partial charge in [0.25, 0.3) is 0 Å². The van der Waals surface area contributed by atoms with Crippen LogP contribution in [-0.2, 0) is 0 Å². The van der Waals surface area contributed by atoms with Crippen molar-refractivity contribution < 1.29 is 0 Å². The lowest BCUT2D eigenvalue weighted by Gasteiger charge is -2.36. The first-order valence-corrected chi connectivity index (χ1v) is 6.66. The Morgan fingerprint density at radius 3 is 2.50 bits per heavy atom. The Bertz CT molecular complexity index is 187. The average Bonchev–Trinajstić information content (AvgIpc) is 2.12. The van der Waals surface area contributed by atoms with Crippen molar-refractivity contribution in [2.24, 2.45) is 0 Å². The summed E-state index contributed by atoms with van der Waals surface area (Å²) >= 11 is 7.41. The largest absolute Gasteiger partial charge is 0.363 e. The zero-order chi connectivity index (χ0) is 10.6. The van der Waals surface area contributed by atoms with Crippen LogP contribution in [0.4, 0.5) is 0 Å². The van der Waals surface area contributed by atoms with E-state index in [2.05, 4.69) is 42.7 Å². The molecule has 0 bridgehead atoms. The highest BCUT2D eigenvalue weighted by atomic mass is 32.2. The zero-order valence-corrected chi connectivity index (χ0v) is 10.9. The molecule has 2 unspecified atom stereocenters. The molecule has 1 fully saturated rings. The Balaban J connectivity index is 2.38. The molecule has 1 rings (SSSR count). The van der Waals surface area contributed by atoms with Gasteiger partial charge in [0.2, 0.25) is 0 Å². The summed E-state index contributed by atoms with van der Waals surface area (Å²) in [5, 5.41) is 5.62. The summed E-state index contributed by atoms with van der Waals surface area (Å²) in [4.78, 5) is 2.30. The Kier molecular flexibility index (Phi) is 5.02. The monoisotopic (exact) mass is 232 g/mol. The summed E-state index contributed by atoms with van der Waals surface area (Å²) in [7, 11) is 0.